The Labute approximate surface area is 99.2 Å². The monoisotopic (exact) mass is 246 g/mol. The molecule has 5 heteroatoms. The molecule has 0 aliphatic heterocycles. The molecule has 0 heterocycles. The van der Waals surface area contributed by atoms with Gasteiger partial charge < -0.3 is 10.6 Å². The van der Waals surface area contributed by atoms with E-state index in [1.165, 1.54) is 12.1 Å². The predicted octanol–water partition coefficient (Wildman–Crippen LogP) is 2.88. The van der Waals surface area contributed by atoms with E-state index >= 15 is 0 Å². The van der Waals surface area contributed by atoms with Crippen molar-refractivity contribution >= 4 is 5.69 Å². The summed E-state index contributed by atoms with van der Waals surface area (Å²) in [6.07, 6.45) is -3.66. The van der Waals surface area contributed by atoms with Crippen LogP contribution in [0.1, 0.15) is 18.9 Å². The van der Waals surface area contributed by atoms with E-state index in [1.807, 2.05) is 6.92 Å². The van der Waals surface area contributed by atoms with Gasteiger partial charge in [-0.3, -0.25) is 0 Å². The lowest BCUT2D eigenvalue weighted by Crippen LogP contribution is -2.27. The number of halogens is 3. The number of hydrogen-bond acceptors (Lipinski definition) is 2. The molecule has 96 valence electrons. The highest BCUT2D eigenvalue weighted by atomic mass is 19.4. The van der Waals surface area contributed by atoms with Gasteiger partial charge in [0.05, 0.1) is 5.56 Å². The zero-order valence-corrected chi connectivity index (χ0v) is 9.96. The van der Waals surface area contributed by atoms with Crippen LogP contribution in [0.4, 0.5) is 18.9 Å². The summed E-state index contributed by atoms with van der Waals surface area (Å²) in [5.74, 6) is 0. The van der Waals surface area contributed by atoms with E-state index in [2.05, 4.69) is 0 Å². The van der Waals surface area contributed by atoms with Crippen molar-refractivity contribution in [3.8, 4) is 0 Å². The second-order valence-electron chi connectivity index (χ2n) is 4.20. The van der Waals surface area contributed by atoms with E-state index in [4.69, 9.17) is 5.73 Å². The van der Waals surface area contributed by atoms with E-state index in [0.29, 0.717) is 13.0 Å². The topological polar surface area (TPSA) is 29.3 Å². The lowest BCUT2D eigenvalue weighted by molar-refractivity contribution is -0.137. The Morgan fingerprint density at radius 1 is 1.29 bits per heavy atom. The van der Waals surface area contributed by atoms with Gasteiger partial charge in [-0.1, -0.05) is 12.1 Å². The van der Waals surface area contributed by atoms with Crippen molar-refractivity contribution in [2.75, 3.05) is 18.5 Å². The minimum absolute atomic E-state index is 0.0181. The van der Waals surface area contributed by atoms with Crippen LogP contribution in [0.5, 0.6) is 0 Å². The van der Waals surface area contributed by atoms with Crippen LogP contribution in [0.2, 0.25) is 0 Å². The molecule has 0 saturated heterocycles. The number of rotatable bonds is 4. The smallest absolute Gasteiger partial charge is 0.374 e. The predicted molar refractivity (Wildman–Crippen MR) is 63.0 cm³/mol. The second kappa shape index (κ2) is 5.40. The number of benzene rings is 1. The Kier molecular flexibility index (Phi) is 4.40. The highest BCUT2D eigenvalue weighted by Crippen LogP contribution is 2.35. The summed E-state index contributed by atoms with van der Waals surface area (Å²) < 4.78 is 38.3. The summed E-state index contributed by atoms with van der Waals surface area (Å²) >= 11 is 0. The Hall–Kier alpha value is -1.23. The van der Waals surface area contributed by atoms with Gasteiger partial charge in [0.25, 0.3) is 0 Å². The molecule has 1 rings (SSSR count). The molecule has 1 unspecified atom stereocenters. The summed E-state index contributed by atoms with van der Waals surface area (Å²) in [4.78, 5) is 1.59. The van der Waals surface area contributed by atoms with Crippen molar-refractivity contribution < 1.29 is 13.2 Å². The highest BCUT2D eigenvalue weighted by Gasteiger charge is 2.33. The SMILES string of the molecule is CC(N)CCN(C)c1ccccc1C(F)(F)F. The third-order valence-electron chi connectivity index (χ3n) is 2.54. The molecule has 1 atom stereocenters. The Bertz CT molecular complexity index is 361. The van der Waals surface area contributed by atoms with E-state index in [-0.39, 0.29) is 11.7 Å². The van der Waals surface area contributed by atoms with Crippen LogP contribution in [0.25, 0.3) is 0 Å². The minimum atomic E-state index is -4.32. The van der Waals surface area contributed by atoms with Crippen LogP contribution in [-0.2, 0) is 6.18 Å². The third kappa shape index (κ3) is 3.93. The molecule has 17 heavy (non-hydrogen) atoms. The first-order chi connectivity index (χ1) is 7.82. The quantitative estimate of drug-likeness (QED) is 0.885. The molecule has 0 spiro atoms. The second-order valence-corrected chi connectivity index (χ2v) is 4.20. The van der Waals surface area contributed by atoms with Gasteiger partial charge >= 0.3 is 6.18 Å². The molecule has 1 aromatic carbocycles. The zero-order chi connectivity index (χ0) is 13.1. The average Bonchev–Trinajstić information content (AvgIpc) is 2.24. The van der Waals surface area contributed by atoms with Crippen molar-refractivity contribution in [3.05, 3.63) is 29.8 Å². The maximum atomic E-state index is 12.8. The fourth-order valence-electron chi connectivity index (χ4n) is 1.56. The first-order valence-electron chi connectivity index (χ1n) is 5.45. The molecule has 0 aliphatic rings. The summed E-state index contributed by atoms with van der Waals surface area (Å²) in [5, 5.41) is 0. The van der Waals surface area contributed by atoms with Crippen molar-refractivity contribution in [3.63, 3.8) is 0 Å². The maximum absolute atomic E-state index is 12.8. The minimum Gasteiger partial charge on any atom is -0.374 e. The molecule has 2 N–H and O–H groups in total. The van der Waals surface area contributed by atoms with Crippen LogP contribution in [0.3, 0.4) is 0 Å². The Balaban J connectivity index is 2.89. The Morgan fingerprint density at radius 3 is 2.41 bits per heavy atom. The average molecular weight is 246 g/mol. The fraction of sp³-hybridized carbons (Fsp3) is 0.500. The number of alkyl halides is 3. The lowest BCUT2D eigenvalue weighted by Gasteiger charge is -2.24. The maximum Gasteiger partial charge on any atom is 0.418 e. The van der Waals surface area contributed by atoms with Crippen LogP contribution < -0.4 is 10.6 Å². The van der Waals surface area contributed by atoms with Gasteiger partial charge in [0, 0.05) is 25.3 Å². The van der Waals surface area contributed by atoms with Crippen LogP contribution in [0.15, 0.2) is 24.3 Å². The number of nitrogens with zero attached hydrogens (tertiary/aromatic N) is 1. The molecule has 2 nitrogen and oxygen atoms in total. The van der Waals surface area contributed by atoms with E-state index < -0.39 is 11.7 Å². The largest absolute Gasteiger partial charge is 0.418 e. The van der Waals surface area contributed by atoms with Gasteiger partial charge in [0.15, 0.2) is 0 Å². The van der Waals surface area contributed by atoms with Crippen molar-refractivity contribution in [2.45, 2.75) is 25.6 Å². The molecule has 0 aliphatic carbocycles. The molecular weight excluding hydrogens is 229 g/mol. The number of anilines is 1. The molecular formula is C12H17F3N2. The van der Waals surface area contributed by atoms with Gasteiger partial charge in [-0.15, -0.1) is 0 Å². The summed E-state index contributed by atoms with van der Waals surface area (Å²) in [7, 11) is 1.65. The van der Waals surface area contributed by atoms with Crippen molar-refractivity contribution in [1.29, 1.82) is 0 Å². The third-order valence-corrected chi connectivity index (χ3v) is 2.54. The van der Waals surface area contributed by atoms with Gasteiger partial charge in [0.2, 0.25) is 0 Å². The van der Waals surface area contributed by atoms with E-state index in [1.54, 1.807) is 18.0 Å². The molecule has 0 fully saturated rings. The lowest BCUT2D eigenvalue weighted by atomic mass is 10.1. The van der Waals surface area contributed by atoms with Crippen molar-refractivity contribution in [2.24, 2.45) is 5.73 Å². The van der Waals surface area contributed by atoms with Crippen molar-refractivity contribution in [1.82, 2.24) is 0 Å². The molecule has 0 amide bonds. The molecule has 0 bridgehead atoms. The van der Waals surface area contributed by atoms with Gasteiger partial charge in [-0.25, -0.2) is 0 Å². The number of hydrogen-bond donors (Lipinski definition) is 1. The highest BCUT2D eigenvalue weighted by molar-refractivity contribution is 5.54. The van der Waals surface area contributed by atoms with Crippen LogP contribution >= 0.6 is 0 Å². The molecule has 0 radical (unpaired) electrons. The molecule has 0 aromatic heterocycles. The molecule has 1 aromatic rings. The fourth-order valence-corrected chi connectivity index (χ4v) is 1.56. The summed E-state index contributed by atoms with van der Waals surface area (Å²) in [6.45, 7) is 2.34. The standard InChI is InChI=1S/C12H17F3N2/c1-9(16)7-8-17(2)11-6-4-3-5-10(11)12(13,14)15/h3-6,9H,7-8,16H2,1-2H3. The normalized spacial score (nSPS) is 13.5. The van der Waals surface area contributed by atoms with Crippen LogP contribution in [-0.4, -0.2) is 19.6 Å². The molecule has 0 saturated carbocycles. The van der Waals surface area contributed by atoms with Gasteiger partial charge in [-0.2, -0.15) is 13.2 Å². The summed E-state index contributed by atoms with van der Waals surface area (Å²) in [6, 6.07) is 5.55. The first-order valence-corrected chi connectivity index (χ1v) is 5.45. The first kappa shape index (κ1) is 13.8. The number of nitrogens with two attached hydrogens (primary N) is 1. The number of para-hydroxylation sites is 1. The Morgan fingerprint density at radius 2 is 1.88 bits per heavy atom. The van der Waals surface area contributed by atoms with E-state index in [0.717, 1.165) is 6.07 Å². The zero-order valence-electron chi connectivity index (χ0n) is 9.96. The van der Waals surface area contributed by atoms with Gasteiger partial charge in [-0.05, 0) is 25.5 Å². The van der Waals surface area contributed by atoms with Crippen LogP contribution in [0, 0.1) is 0 Å². The van der Waals surface area contributed by atoms with E-state index in [9.17, 15) is 13.2 Å². The van der Waals surface area contributed by atoms with Gasteiger partial charge in [0.1, 0.15) is 0 Å². The summed E-state index contributed by atoms with van der Waals surface area (Å²) in [5.41, 5.74) is 5.18.